The second kappa shape index (κ2) is 6.14. The van der Waals surface area contributed by atoms with Crippen LogP contribution in [0.15, 0.2) is 6.07 Å². The first-order valence-electron chi connectivity index (χ1n) is 6.88. The summed E-state index contributed by atoms with van der Waals surface area (Å²) in [5.74, 6) is -1.85. The molecule has 0 unspecified atom stereocenters. The van der Waals surface area contributed by atoms with Gasteiger partial charge in [0.25, 0.3) is 0 Å². The topological polar surface area (TPSA) is 38.2 Å². The van der Waals surface area contributed by atoms with E-state index in [1.54, 1.807) is 13.8 Å². The van der Waals surface area contributed by atoms with Crippen molar-refractivity contribution in [3.8, 4) is 0 Å². The van der Waals surface area contributed by atoms with E-state index in [1.807, 2.05) is 0 Å². The number of anilines is 1. The summed E-state index contributed by atoms with van der Waals surface area (Å²) in [5.41, 5.74) is 0.123. The first-order chi connectivity index (χ1) is 10.5. The molecule has 1 aliphatic rings. The van der Waals surface area contributed by atoms with E-state index < -0.39 is 30.8 Å². The Balaban J connectivity index is 2.36. The normalized spacial score (nSPS) is 20.2. The van der Waals surface area contributed by atoms with E-state index in [2.05, 4.69) is 14.7 Å². The van der Waals surface area contributed by atoms with Crippen LogP contribution in [0.4, 0.5) is 32.2 Å². The summed E-state index contributed by atoms with van der Waals surface area (Å²) >= 11 is 0. The molecule has 0 radical (unpaired) electrons. The van der Waals surface area contributed by atoms with Crippen LogP contribution in [0.2, 0.25) is 0 Å². The minimum absolute atomic E-state index is 0.0262. The van der Waals surface area contributed by atoms with Crippen LogP contribution in [0.1, 0.15) is 31.3 Å². The number of nitrogens with zero attached hydrogens (tertiary/aromatic N) is 3. The van der Waals surface area contributed by atoms with Gasteiger partial charge in [-0.1, -0.05) is 13.8 Å². The Labute approximate surface area is 128 Å². The minimum atomic E-state index is -4.77. The zero-order chi connectivity index (χ0) is 17.4. The fraction of sp³-hybridized carbons (Fsp3) is 0.692. The molecule has 10 heteroatoms. The smallest absolute Gasteiger partial charge is 0.365 e. The zero-order valence-electron chi connectivity index (χ0n) is 12.4. The summed E-state index contributed by atoms with van der Waals surface area (Å²) in [7, 11) is 0. The Kier molecular flexibility index (Phi) is 4.74. The van der Waals surface area contributed by atoms with Gasteiger partial charge < -0.3 is 9.64 Å². The molecule has 1 saturated heterocycles. The van der Waals surface area contributed by atoms with Gasteiger partial charge in [-0.2, -0.15) is 26.3 Å². The Morgan fingerprint density at radius 2 is 1.83 bits per heavy atom. The first-order valence-corrected chi connectivity index (χ1v) is 6.88. The van der Waals surface area contributed by atoms with E-state index in [-0.39, 0.29) is 30.6 Å². The molecular formula is C13H15F6N3O. The standard InChI is InChI=1S/C13H15F6N3O/c1-7(2)8-5-10(21-11(20-8)13(17,18)19)22-3-4-23-9(6-22)12(14,15)16/h5,7,9H,3-4,6H2,1-2H3/t9-/m1/s1. The number of hydrogen-bond acceptors (Lipinski definition) is 4. The van der Waals surface area contributed by atoms with Crippen LogP contribution in [0.5, 0.6) is 0 Å². The quantitative estimate of drug-likeness (QED) is 0.772. The van der Waals surface area contributed by atoms with Crippen LogP contribution >= 0.6 is 0 Å². The molecule has 1 atom stereocenters. The van der Waals surface area contributed by atoms with Gasteiger partial charge in [0.1, 0.15) is 5.82 Å². The van der Waals surface area contributed by atoms with Gasteiger partial charge in [-0.3, -0.25) is 0 Å². The summed E-state index contributed by atoms with van der Waals surface area (Å²) in [6, 6.07) is 1.29. The van der Waals surface area contributed by atoms with Gasteiger partial charge in [0, 0.05) is 18.3 Å². The lowest BCUT2D eigenvalue weighted by Crippen LogP contribution is -2.49. The maximum Gasteiger partial charge on any atom is 0.451 e. The third-order valence-corrected chi connectivity index (χ3v) is 3.33. The number of morpholine rings is 1. The second-order valence-electron chi connectivity index (χ2n) is 5.47. The summed E-state index contributed by atoms with van der Waals surface area (Å²) in [6.45, 7) is 2.47. The van der Waals surface area contributed by atoms with E-state index in [4.69, 9.17) is 0 Å². The molecule has 0 amide bonds. The predicted molar refractivity (Wildman–Crippen MR) is 69.1 cm³/mol. The van der Waals surface area contributed by atoms with Crippen molar-refractivity contribution in [1.29, 1.82) is 0 Å². The highest BCUT2D eigenvalue weighted by Crippen LogP contribution is 2.32. The number of hydrogen-bond donors (Lipinski definition) is 0. The molecule has 0 saturated carbocycles. The molecule has 2 heterocycles. The van der Waals surface area contributed by atoms with E-state index in [0.717, 1.165) is 4.90 Å². The van der Waals surface area contributed by atoms with Crippen molar-refractivity contribution in [2.45, 2.75) is 38.2 Å². The molecule has 1 aromatic heterocycles. The highest BCUT2D eigenvalue weighted by atomic mass is 19.4. The zero-order valence-corrected chi connectivity index (χ0v) is 12.4. The Morgan fingerprint density at radius 1 is 1.17 bits per heavy atom. The Hall–Kier alpha value is -1.58. The summed E-state index contributed by atoms with van der Waals surface area (Å²) in [4.78, 5) is 7.99. The van der Waals surface area contributed by atoms with Gasteiger partial charge in [0.15, 0.2) is 6.10 Å². The van der Waals surface area contributed by atoms with Crippen molar-refractivity contribution in [3.05, 3.63) is 17.6 Å². The molecule has 130 valence electrons. The summed E-state index contributed by atoms with van der Waals surface area (Å²) < 4.78 is 81.6. The fourth-order valence-electron chi connectivity index (χ4n) is 2.09. The van der Waals surface area contributed by atoms with E-state index in [9.17, 15) is 26.3 Å². The van der Waals surface area contributed by atoms with E-state index in [1.165, 1.54) is 6.07 Å². The van der Waals surface area contributed by atoms with Crippen molar-refractivity contribution < 1.29 is 31.1 Å². The van der Waals surface area contributed by atoms with Crippen LogP contribution < -0.4 is 4.90 Å². The van der Waals surface area contributed by atoms with Crippen LogP contribution in [-0.2, 0) is 10.9 Å². The van der Waals surface area contributed by atoms with Crippen molar-refractivity contribution in [1.82, 2.24) is 9.97 Å². The number of alkyl halides is 6. The molecule has 23 heavy (non-hydrogen) atoms. The van der Waals surface area contributed by atoms with Crippen molar-refractivity contribution in [2.75, 3.05) is 24.6 Å². The molecule has 0 spiro atoms. The highest BCUT2D eigenvalue weighted by Gasteiger charge is 2.44. The van der Waals surface area contributed by atoms with Crippen LogP contribution in [0, 0.1) is 0 Å². The van der Waals surface area contributed by atoms with Crippen LogP contribution in [0.25, 0.3) is 0 Å². The Bertz CT molecular complexity index is 558. The van der Waals surface area contributed by atoms with E-state index >= 15 is 0 Å². The molecule has 0 N–H and O–H groups in total. The lowest BCUT2D eigenvalue weighted by atomic mass is 10.1. The molecule has 2 rings (SSSR count). The lowest BCUT2D eigenvalue weighted by Gasteiger charge is -2.34. The average Bonchev–Trinajstić information content (AvgIpc) is 2.45. The number of halogens is 6. The fourth-order valence-corrected chi connectivity index (χ4v) is 2.09. The maximum atomic E-state index is 12.9. The number of rotatable bonds is 2. The van der Waals surface area contributed by atoms with Crippen LogP contribution in [0.3, 0.4) is 0 Å². The number of aromatic nitrogens is 2. The van der Waals surface area contributed by atoms with E-state index in [0.29, 0.717) is 0 Å². The lowest BCUT2D eigenvalue weighted by molar-refractivity contribution is -0.221. The monoisotopic (exact) mass is 343 g/mol. The number of ether oxygens (including phenoxy) is 1. The second-order valence-corrected chi connectivity index (χ2v) is 5.47. The van der Waals surface area contributed by atoms with Crippen molar-refractivity contribution in [3.63, 3.8) is 0 Å². The van der Waals surface area contributed by atoms with Gasteiger partial charge in [-0.25, -0.2) is 9.97 Å². The van der Waals surface area contributed by atoms with Crippen molar-refractivity contribution >= 4 is 5.82 Å². The van der Waals surface area contributed by atoms with Gasteiger partial charge in [-0.15, -0.1) is 0 Å². The van der Waals surface area contributed by atoms with Crippen LogP contribution in [-0.4, -0.2) is 41.9 Å². The third-order valence-electron chi connectivity index (χ3n) is 3.33. The molecule has 0 aromatic carbocycles. The van der Waals surface area contributed by atoms with Gasteiger partial charge in [0.05, 0.1) is 13.2 Å². The SMILES string of the molecule is CC(C)c1cc(N2CCO[C@@H](C(F)(F)F)C2)nc(C(F)(F)F)n1. The highest BCUT2D eigenvalue weighted by molar-refractivity contribution is 5.41. The molecule has 4 nitrogen and oxygen atoms in total. The van der Waals surface area contributed by atoms with Crippen molar-refractivity contribution in [2.24, 2.45) is 0 Å². The largest absolute Gasteiger partial charge is 0.451 e. The molecule has 0 bridgehead atoms. The summed E-state index contributed by atoms with van der Waals surface area (Å²) in [6.07, 6.45) is -11.4. The van der Waals surface area contributed by atoms with Gasteiger partial charge >= 0.3 is 12.4 Å². The van der Waals surface area contributed by atoms with Gasteiger partial charge in [-0.05, 0) is 5.92 Å². The molecule has 0 aliphatic carbocycles. The van der Waals surface area contributed by atoms with Gasteiger partial charge in [0.2, 0.25) is 5.82 Å². The predicted octanol–water partition coefficient (Wildman–Crippen LogP) is 3.39. The maximum absolute atomic E-state index is 12.9. The Morgan fingerprint density at radius 3 is 2.35 bits per heavy atom. The first kappa shape index (κ1) is 17.8. The summed E-state index contributed by atoms with van der Waals surface area (Å²) in [5, 5.41) is 0. The third kappa shape index (κ3) is 4.24. The molecule has 1 aliphatic heterocycles. The minimum Gasteiger partial charge on any atom is -0.365 e. The molecule has 1 fully saturated rings. The average molecular weight is 343 g/mol. The molecule has 1 aromatic rings. The molecular weight excluding hydrogens is 328 g/mol.